The van der Waals surface area contributed by atoms with Crippen LogP contribution in [0.2, 0.25) is 0 Å². The van der Waals surface area contributed by atoms with Gasteiger partial charge in [-0.2, -0.15) is 0 Å². The number of aliphatic imine (C=N–C) groups is 1. The standard InChI is InChI=1S/C23H37N5O5/c24-23(25)27-13-7-2-1-6-11-20(30)28-16-19(29)15-21(31)26-14-8-12-22(32)33-17-18-9-4-3-5-10-18/h3-5,9-10,19,29H,1-2,6-8,11-17H2,(H,26,31)(H,28,30)(H4,24,25,27). The van der Waals surface area contributed by atoms with Gasteiger partial charge in [-0.25, -0.2) is 0 Å². The molecule has 33 heavy (non-hydrogen) atoms. The van der Waals surface area contributed by atoms with Crippen LogP contribution in [0.4, 0.5) is 0 Å². The van der Waals surface area contributed by atoms with Gasteiger partial charge in [-0.3, -0.25) is 19.4 Å². The fourth-order valence-electron chi connectivity index (χ4n) is 2.91. The lowest BCUT2D eigenvalue weighted by molar-refractivity contribution is -0.145. The van der Waals surface area contributed by atoms with Gasteiger partial charge in [0.25, 0.3) is 0 Å². The Morgan fingerprint density at radius 1 is 0.939 bits per heavy atom. The first-order chi connectivity index (χ1) is 15.9. The summed E-state index contributed by atoms with van der Waals surface area (Å²) < 4.78 is 5.17. The third kappa shape index (κ3) is 16.2. The Balaban J connectivity index is 2.00. The highest BCUT2D eigenvalue weighted by Gasteiger charge is 2.12. The number of nitrogens with zero attached hydrogens (tertiary/aromatic N) is 1. The number of guanidine groups is 1. The molecule has 0 spiro atoms. The molecule has 1 rings (SSSR count). The molecule has 0 saturated heterocycles. The average Bonchev–Trinajstić information content (AvgIpc) is 2.79. The van der Waals surface area contributed by atoms with Crippen molar-refractivity contribution in [2.24, 2.45) is 16.5 Å². The molecule has 184 valence electrons. The van der Waals surface area contributed by atoms with Crippen molar-refractivity contribution in [2.75, 3.05) is 19.6 Å². The number of carbonyl (C=O) groups excluding carboxylic acids is 3. The number of aliphatic hydroxyl groups is 1. The van der Waals surface area contributed by atoms with Crippen molar-refractivity contribution in [1.82, 2.24) is 10.6 Å². The highest BCUT2D eigenvalue weighted by atomic mass is 16.5. The van der Waals surface area contributed by atoms with Crippen molar-refractivity contribution in [3.05, 3.63) is 35.9 Å². The number of hydrogen-bond acceptors (Lipinski definition) is 6. The summed E-state index contributed by atoms with van der Waals surface area (Å²) in [5.41, 5.74) is 11.4. The van der Waals surface area contributed by atoms with E-state index < -0.39 is 6.10 Å². The Morgan fingerprint density at radius 2 is 1.67 bits per heavy atom. The summed E-state index contributed by atoms with van der Waals surface area (Å²) >= 11 is 0. The number of unbranched alkanes of at least 4 members (excludes halogenated alkanes) is 3. The number of nitrogens with two attached hydrogens (primary N) is 2. The summed E-state index contributed by atoms with van der Waals surface area (Å²) in [6.45, 7) is 1.13. The summed E-state index contributed by atoms with van der Waals surface area (Å²) in [5, 5.41) is 15.2. The van der Waals surface area contributed by atoms with Gasteiger partial charge in [0.2, 0.25) is 11.8 Å². The van der Waals surface area contributed by atoms with Crippen LogP contribution < -0.4 is 22.1 Å². The molecule has 7 N–H and O–H groups in total. The minimum atomic E-state index is -0.968. The molecule has 0 radical (unpaired) electrons. The molecule has 10 nitrogen and oxygen atoms in total. The fourth-order valence-corrected chi connectivity index (χ4v) is 2.91. The lowest BCUT2D eigenvalue weighted by Crippen LogP contribution is -2.36. The first-order valence-corrected chi connectivity index (χ1v) is 11.3. The lowest BCUT2D eigenvalue weighted by Gasteiger charge is -2.12. The second-order valence-electron chi connectivity index (χ2n) is 7.73. The van der Waals surface area contributed by atoms with Crippen LogP contribution in [0.1, 0.15) is 56.9 Å². The van der Waals surface area contributed by atoms with E-state index in [0.29, 0.717) is 25.9 Å². The van der Waals surface area contributed by atoms with E-state index in [1.54, 1.807) is 0 Å². The third-order valence-corrected chi connectivity index (χ3v) is 4.68. The lowest BCUT2D eigenvalue weighted by atomic mass is 10.1. The predicted molar refractivity (Wildman–Crippen MR) is 126 cm³/mol. The topological polar surface area (TPSA) is 169 Å². The number of hydrogen-bond donors (Lipinski definition) is 5. The molecule has 1 atom stereocenters. The molecular weight excluding hydrogens is 426 g/mol. The van der Waals surface area contributed by atoms with E-state index in [4.69, 9.17) is 16.2 Å². The summed E-state index contributed by atoms with van der Waals surface area (Å²) in [6.07, 6.45) is 3.32. The third-order valence-electron chi connectivity index (χ3n) is 4.68. The van der Waals surface area contributed by atoms with Crippen molar-refractivity contribution in [1.29, 1.82) is 0 Å². The zero-order valence-electron chi connectivity index (χ0n) is 19.1. The number of carbonyl (C=O) groups is 3. The Bertz CT molecular complexity index is 738. The Hall–Kier alpha value is -3.14. The molecule has 1 aromatic rings. The van der Waals surface area contributed by atoms with Gasteiger partial charge < -0.3 is 31.9 Å². The second kappa shape index (κ2) is 17.4. The van der Waals surface area contributed by atoms with E-state index in [1.807, 2.05) is 30.3 Å². The largest absolute Gasteiger partial charge is 0.461 e. The fraction of sp³-hybridized carbons (Fsp3) is 0.565. The van der Waals surface area contributed by atoms with Crippen molar-refractivity contribution in [2.45, 2.75) is 64.1 Å². The molecule has 1 aromatic carbocycles. The number of benzene rings is 1. The van der Waals surface area contributed by atoms with Crippen LogP contribution >= 0.6 is 0 Å². The van der Waals surface area contributed by atoms with Crippen LogP contribution in [0.3, 0.4) is 0 Å². The molecule has 0 aliphatic rings. The van der Waals surface area contributed by atoms with E-state index in [-0.39, 0.29) is 49.7 Å². The van der Waals surface area contributed by atoms with Gasteiger partial charge in [0.05, 0.1) is 12.5 Å². The highest BCUT2D eigenvalue weighted by molar-refractivity contribution is 5.77. The Labute approximate surface area is 195 Å². The number of amides is 2. The SMILES string of the molecule is NC(N)=NCCCCCCC(=O)NCC(O)CC(=O)NCCCC(=O)OCc1ccccc1. The zero-order chi connectivity index (χ0) is 24.3. The smallest absolute Gasteiger partial charge is 0.306 e. The number of nitrogens with one attached hydrogen (secondary N) is 2. The summed E-state index contributed by atoms with van der Waals surface area (Å²) in [6, 6.07) is 9.39. The van der Waals surface area contributed by atoms with Crippen molar-refractivity contribution in [3.8, 4) is 0 Å². The van der Waals surface area contributed by atoms with Crippen molar-refractivity contribution in [3.63, 3.8) is 0 Å². The van der Waals surface area contributed by atoms with Crippen LogP contribution in [-0.4, -0.2) is 54.6 Å². The van der Waals surface area contributed by atoms with Gasteiger partial charge in [-0.15, -0.1) is 0 Å². The van der Waals surface area contributed by atoms with Crippen molar-refractivity contribution < 1.29 is 24.2 Å². The van der Waals surface area contributed by atoms with Crippen LogP contribution in [0.15, 0.2) is 35.3 Å². The van der Waals surface area contributed by atoms with Gasteiger partial charge in [0.15, 0.2) is 5.96 Å². The Morgan fingerprint density at radius 3 is 2.39 bits per heavy atom. The number of ether oxygens (including phenoxy) is 1. The van der Waals surface area contributed by atoms with E-state index >= 15 is 0 Å². The minimum Gasteiger partial charge on any atom is -0.461 e. The maximum atomic E-state index is 11.9. The molecule has 10 heteroatoms. The molecule has 1 unspecified atom stereocenters. The predicted octanol–water partition coefficient (Wildman–Crippen LogP) is 0.717. The maximum absolute atomic E-state index is 11.9. The molecule has 0 aliphatic heterocycles. The molecule has 0 aromatic heterocycles. The first-order valence-electron chi connectivity index (χ1n) is 11.3. The van der Waals surface area contributed by atoms with Crippen molar-refractivity contribution >= 4 is 23.7 Å². The van der Waals surface area contributed by atoms with Crippen LogP contribution in [-0.2, 0) is 25.7 Å². The van der Waals surface area contributed by atoms with Crippen LogP contribution in [0.5, 0.6) is 0 Å². The van der Waals surface area contributed by atoms with E-state index in [2.05, 4.69) is 15.6 Å². The molecule has 0 aliphatic carbocycles. The number of aliphatic hydroxyl groups excluding tert-OH is 1. The maximum Gasteiger partial charge on any atom is 0.306 e. The van der Waals surface area contributed by atoms with Gasteiger partial charge in [-0.1, -0.05) is 43.2 Å². The quantitative estimate of drug-likeness (QED) is 0.0980. The zero-order valence-corrected chi connectivity index (χ0v) is 19.1. The van der Waals surface area contributed by atoms with E-state index in [1.165, 1.54) is 0 Å². The molecular formula is C23H37N5O5. The number of esters is 1. The minimum absolute atomic E-state index is 0.0164. The monoisotopic (exact) mass is 463 g/mol. The molecule has 0 bridgehead atoms. The normalized spacial score (nSPS) is 11.3. The van der Waals surface area contributed by atoms with Gasteiger partial charge >= 0.3 is 5.97 Å². The van der Waals surface area contributed by atoms with Crippen LogP contribution in [0.25, 0.3) is 0 Å². The van der Waals surface area contributed by atoms with Crippen LogP contribution in [0, 0.1) is 0 Å². The van der Waals surface area contributed by atoms with Gasteiger partial charge in [-0.05, 0) is 24.8 Å². The summed E-state index contributed by atoms with van der Waals surface area (Å²) in [7, 11) is 0. The first kappa shape index (κ1) is 27.9. The van der Waals surface area contributed by atoms with E-state index in [0.717, 1.165) is 31.2 Å². The highest BCUT2D eigenvalue weighted by Crippen LogP contribution is 2.04. The molecule has 0 heterocycles. The molecule has 0 saturated carbocycles. The van der Waals surface area contributed by atoms with Gasteiger partial charge in [0.1, 0.15) is 6.61 Å². The summed E-state index contributed by atoms with van der Waals surface area (Å²) in [5.74, 6) is -0.742. The van der Waals surface area contributed by atoms with E-state index in [9.17, 15) is 19.5 Å². The van der Waals surface area contributed by atoms with Gasteiger partial charge in [0, 0.05) is 32.5 Å². The molecule has 0 fully saturated rings. The molecule has 2 amide bonds. The number of rotatable bonds is 17. The average molecular weight is 464 g/mol. The Kier molecular flexibility index (Phi) is 14.7. The summed E-state index contributed by atoms with van der Waals surface area (Å²) in [4.78, 5) is 39.3. The second-order valence-corrected chi connectivity index (χ2v) is 7.73.